The van der Waals surface area contributed by atoms with E-state index in [1.807, 2.05) is 61.5 Å². The average Bonchev–Trinajstić information content (AvgIpc) is 3.13. The topological polar surface area (TPSA) is 66.9 Å². The van der Waals surface area contributed by atoms with Gasteiger partial charge in [-0.1, -0.05) is 55.5 Å². The van der Waals surface area contributed by atoms with E-state index in [4.69, 9.17) is 4.74 Å². The Kier molecular flexibility index (Phi) is 6.65. The molecule has 2 aromatic rings. The zero-order valence-corrected chi connectivity index (χ0v) is 16.8. The van der Waals surface area contributed by atoms with E-state index in [1.165, 1.54) is 4.90 Å². The first-order chi connectivity index (χ1) is 14.0. The molecule has 0 unspecified atom stereocenters. The number of anilines is 1. The Morgan fingerprint density at radius 3 is 2.52 bits per heavy atom. The van der Waals surface area contributed by atoms with Crippen molar-refractivity contribution >= 4 is 23.5 Å². The van der Waals surface area contributed by atoms with Crippen LogP contribution in [0, 0.1) is 5.92 Å². The summed E-state index contributed by atoms with van der Waals surface area (Å²) in [6.45, 7) is 2.44. The molecule has 0 aliphatic carbocycles. The maximum absolute atomic E-state index is 12.5. The van der Waals surface area contributed by atoms with E-state index in [0.29, 0.717) is 6.54 Å². The Morgan fingerprint density at radius 2 is 1.79 bits per heavy atom. The molecule has 1 saturated heterocycles. The highest BCUT2D eigenvalue weighted by molar-refractivity contribution is 6.00. The highest BCUT2D eigenvalue weighted by atomic mass is 16.5. The minimum atomic E-state index is -0.556. The Morgan fingerprint density at radius 1 is 1.10 bits per heavy atom. The van der Waals surface area contributed by atoms with Crippen LogP contribution >= 0.6 is 0 Å². The molecule has 0 spiro atoms. The molecule has 1 atom stereocenters. The van der Waals surface area contributed by atoms with Gasteiger partial charge in [0.05, 0.1) is 5.92 Å². The van der Waals surface area contributed by atoms with Gasteiger partial charge in [-0.05, 0) is 23.6 Å². The van der Waals surface area contributed by atoms with Gasteiger partial charge in [-0.25, -0.2) is 0 Å². The van der Waals surface area contributed by atoms with Crippen LogP contribution in [0.15, 0.2) is 54.6 Å². The molecule has 29 heavy (non-hydrogen) atoms. The Bertz CT molecular complexity index is 881. The van der Waals surface area contributed by atoms with E-state index in [1.54, 1.807) is 11.9 Å². The number of likely N-dealkylation sites (N-methyl/N-ethyl adjacent to an activating group) is 1. The quantitative estimate of drug-likeness (QED) is 0.678. The second-order valence-electron chi connectivity index (χ2n) is 7.23. The normalized spacial score (nSPS) is 16.0. The molecule has 152 valence electrons. The lowest BCUT2D eigenvalue weighted by molar-refractivity contribution is -0.155. The summed E-state index contributed by atoms with van der Waals surface area (Å²) >= 11 is 0. The molecule has 3 rings (SSSR count). The number of nitrogens with zero attached hydrogens (tertiary/aromatic N) is 2. The average molecular weight is 394 g/mol. The number of carbonyl (C=O) groups is 3. The Balaban J connectivity index is 1.53. The third-order valence-electron chi connectivity index (χ3n) is 5.15. The second-order valence-corrected chi connectivity index (χ2v) is 7.23. The zero-order chi connectivity index (χ0) is 20.8. The predicted molar refractivity (Wildman–Crippen MR) is 110 cm³/mol. The van der Waals surface area contributed by atoms with Crippen molar-refractivity contribution < 1.29 is 19.1 Å². The molecule has 0 N–H and O–H groups in total. The number of ether oxygens (including phenoxy) is 1. The first-order valence-corrected chi connectivity index (χ1v) is 9.82. The minimum absolute atomic E-state index is 0.0969. The van der Waals surface area contributed by atoms with Crippen LogP contribution in [0.3, 0.4) is 0 Å². The summed E-state index contributed by atoms with van der Waals surface area (Å²) in [4.78, 5) is 40.3. The van der Waals surface area contributed by atoms with Crippen molar-refractivity contribution in [1.29, 1.82) is 0 Å². The number of hydrogen-bond donors (Lipinski definition) is 0. The molecular weight excluding hydrogens is 368 g/mol. The van der Waals surface area contributed by atoms with Crippen molar-refractivity contribution in [2.75, 3.05) is 25.1 Å². The fourth-order valence-electron chi connectivity index (χ4n) is 3.48. The van der Waals surface area contributed by atoms with Crippen LogP contribution in [0.2, 0.25) is 0 Å². The maximum atomic E-state index is 12.5. The van der Waals surface area contributed by atoms with Crippen molar-refractivity contribution in [1.82, 2.24) is 4.90 Å². The van der Waals surface area contributed by atoms with E-state index in [-0.39, 0.29) is 31.4 Å². The lowest BCUT2D eigenvalue weighted by atomic mass is 10.1. The van der Waals surface area contributed by atoms with Crippen LogP contribution in [0.5, 0.6) is 0 Å². The summed E-state index contributed by atoms with van der Waals surface area (Å²) in [6.07, 6.45) is 0.905. The summed E-state index contributed by atoms with van der Waals surface area (Å²) in [5.41, 5.74) is 2.91. The largest absolute Gasteiger partial charge is 0.455 e. The zero-order valence-electron chi connectivity index (χ0n) is 16.8. The van der Waals surface area contributed by atoms with Crippen molar-refractivity contribution in [2.24, 2.45) is 5.92 Å². The van der Waals surface area contributed by atoms with Crippen LogP contribution in [-0.2, 0) is 32.1 Å². The molecule has 6 nitrogen and oxygen atoms in total. The standard InChI is InChI=1S/C23H26N2O4/c1-3-18-11-7-8-12-20(18)25-15-19(13-21(25)26)23(28)29-16-22(27)24(2)14-17-9-5-4-6-10-17/h4-12,19H,3,13-16H2,1-2H3/t19-/m0/s1. The number of esters is 1. The van der Waals surface area contributed by atoms with E-state index in [9.17, 15) is 14.4 Å². The monoisotopic (exact) mass is 394 g/mol. The molecule has 1 aliphatic heterocycles. The summed E-state index contributed by atoms with van der Waals surface area (Å²) in [7, 11) is 1.67. The van der Waals surface area contributed by atoms with E-state index >= 15 is 0 Å². The van der Waals surface area contributed by atoms with Crippen LogP contribution < -0.4 is 4.90 Å². The molecular formula is C23H26N2O4. The maximum Gasteiger partial charge on any atom is 0.311 e. The number of hydrogen-bond acceptors (Lipinski definition) is 4. The summed E-state index contributed by atoms with van der Waals surface area (Å²) in [5, 5.41) is 0. The van der Waals surface area contributed by atoms with Gasteiger partial charge in [-0.3, -0.25) is 14.4 Å². The fraction of sp³-hybridized carbons (Fsp3) is 0.348. The molecule has 6 heteroatoms. The van der Waals surface area contributed by atoms with Gasteiger partial charge in [-0.15, -0.1) is 0 Å². The van der Waals surface area contributed by atoms with E-state index in [2.05, 4.69) is 0 Å². The fourth-order valence-corrected chi connectivity index (χ4v) is 3.48. The minimum Gasteiger partial charge on any atom is -0.455 e. The van der Waals surface area contributed by atoms with Crippen molar-refractivity contribution in [2.45, 2.75) is 26.3 Å². The van der Waals surface area contributed by atoms with Gasteiger partial charge in [0, 0.05) is 32.2 Å². The van der Waals surface area contributed by atoms with Gasteiger partial charge in [0.15, 0.2) is 6.61 Å². The van der Waals surface area contributed by atoms with Gasteiger partial charge >= 0.3 is 5.97 Å². The van der Waals surface area contributed by atoms with Gasteiger partial charge in [0.2, 0.25) is 5.91 Å². The number of para-hydroxylation sites is 1. The van der Waals surface area contributed by atoms with E-state index < -0.39 is 11.9 Å². The molecule has 1 aliphatic rings. The molecule has 0 radical (unpaired) electrons. The number of carbonyl (C=O) groups excluding carboxylic acids is 3. The summed E-state index contributed by atoms with van der Waals surface area (Å²) in [6, 6.07) is 17.3. The second kappa shape index (κ2) is 9.37. The SMILES string of the molecule is CCc1ccccc1N1C[C@@H](C(=O)OCC(=O)N(C)Cc2ccccc2)CC1=O. The number of rotatable bonds is 7. The van der Waals surface area contributed by atoms with Crippen molar-refractivity contribution in [3.8, 4) is 0 Å². The molecule has 0 saturated carbocycles. The van der Waals surface area contributed by atoms with Gasteiger partial charge < -0.3 is 14.5 Å². The first kappa shape index (κ1) is 20.6. The molecule has 2 amide bonds. The third kappa shape index (κ3) is 5.02. The molecule has 2 aromatic carbocycles. The molecule has 1 heterocycles. The first-order valence-electron chi connectivity index (χ1n) is 9.82. The van der Waals surface area contributed by atoms with E-state index in [0.717, 1.165) is 23.2 Å². The Labute approximate surface area is 171 Å². The highest BCUT2D eigenvalue weighted by Crippen LogP contribution is 2.29. The van der Waals surface area contributed by atoms with Crippen molar-refractivity contribution in [3.05, 3.63) is 65.7 Å². The van der Waals surface area contributed by atoms with Gasteiger partial charge in [0.25, 0.3) is 5.91 Å². The van der Waals surface area contributed by atoms with Crippen molar-refractivity contribution in [3.63, 3.8) is 0 Å². The third-order valence-corrected chi connectivity index (χ3v) is 5.15. The van der Waals surface area contributed by atoms with Gasteiger partial charge in [0.1, 0.15) is 0 Å². The number of benzene rings is 2. The highest BCUT2D eigenvalue weighted by Gasteiger charge is 2.37. The summed E-state index contributed by atoms with van der Waals surface area (Å²) in [5.74, 6) is -1.43. The lowest BCUT2D eigenvalue weighted by Gasteiger charge is -2.20. The number of amides is 2. The predicted octanol–water partition coefficient (Wildman–Crippen LogP) is 2.80. The molecule has 0 aromatic heterocycles. The summed E-state index contributed by atoms with van der Waals surface area (Å²) < 4.78 is 5.23. The smallest absolute Gasteiger partial charge is 0.311 e. The molecule has 0 bridgehead atoms. The van der Waals surface area contributed by atoms with Gasteiger partial charge in [-0.2, -0.15) is 0 Å². The van der Waals surface area contributed by atoms with Crippen LogP contribution in [0.25, 0.3) is 0 Å². The van der Waals surface area contributed by atoms with Crippen LogP contribution in [0.1, 0.15) is 24.5 Å². The molecule has 1 fully saturated rings. The van der Waals surface area contributed by atoms with Crippen LogP contribution in [0.4, 0.5) is 5.69 Å². The Hall–Kier alpha value is -3.15. The lowest BCUT2D eigenvalue weighted by Crippen LogP contribution is -2.32. The number of aryl methyl sites for hydroxylation is 1. The van der Waals surface area contributed by atoms with Crippen LogP contribution in [-0.4, -0.2) is 42.9 Å².